The third kappa shape index (κ3) is 5.92. The molecule has 0 radical (unpaired) electrons. The maximum Gasteiger partial charge on any atom is 0.254 e. The lowest BCUT2D eigenvalue weighted by Crippen LogP contribution is -2.30. The number of methoxy groups -OCH3 is 1. The summed E-state index contributed by atoms with van der Waals surface area (Å²) >= 11 is 1.65. The lowest BCUT2D eigenvalue weighted by molar-refractivity contribution is 0.0655. The van der Waals surface area contributed by atoms with E-state index in [9.17, 15) is 4.79 Å². The first-order valence-corrected chi connectivity index (χ1v) is 10.6. The van der Waals surface area contributed by atoms with Crippen molar-refractivity contribution in [1.82, 2.24) is 4.90 Å². The van der Waals surface area contributed by atoms with Crippen LogP contribution in [0.15, 0.2) is 66.0 Å². The van der Waals surface area contributed by atoms with Crippen LogP contribution < -0.4 is 4.74 Å². The number of nitrogens with zero attached hydrogens (tertiary/aromatic N) is 1. The van der Waals surface area contributed by atoms with E-state index in [1.807, 2.05) is 78.7 Å². The summed E-state index contributed by atoms with van der Waals surface area (Å²) in [5, 5.41) is 2.03. The molecule has 0 fully saturated rings. The Morgan fingerprint density at radius 3 is 2.41 bits per heavy atom. The van der Waals surface area contributed by atoms with Crippen molar-refractivity contribution >= 4 is 17.2 Å². The van der Waals surface area contributed by atoms with Crippen molar-refractivity contribution in [3.63, 3.8) is 0 Å². The Labute approximate surface area is 176 Å². The van der Waals surface area contributed by atoms with Gasteiger partial charge in [0.15, 0.2) is 0 Å². The average Bonchev–Trinajstić information content (AvgIpc) is 3.25. The highest BCUT2D eigenvalue weighted by molar-refractivity contribution is 7.09. The molecular formula is C24H27NO3S. The van der Waals surface area contributed by atoms with Crippen molar-refractivity contribution in [3.8, 4) is 5.75 Å². The monoisotopic (exact) mass is 409 g/mol. The summed E-state index contributed by atoms with van der Waals surface area (Å²) in [5.41, 5.74) is 2.72. The molecule has 2 aromatic carbocycles. The van der Waals surface area contributed by atoms with E-state index >= 15 is 0 Å². The Morgan fingerprint density at radius 1 is 1.00 bits per heavy atom. The van der Waals surface area contributed by atoms with Crippen molar-refractivity contribution in [2.24, 2.45) is 0 Å². The zero-order valence-corrected chi connectivity index (χ0v) is 17.9. The Morgan fingerprint density at radius 2 is 1.76 bits per heavy atom. The molecule has 152 valence electrons. The van der Waals surface area contributed by atoms with Gasteiger partial charge in [-0.15, -0.1) is 11.3 Å². The van der Waals surface area contributed by atoms with Crippen LogP contribution in [0.25, 0.3) is 0 Å². The molecule has 3 rings (SSSR count). The first-order chi connectivity index (χ1) is 14.1. The van der Waals surface area contributed by atoms with Crippen LogP contribution >= 0.6 is 11.3 Å². The highest BCUT2D eigenvalue weighted by Crippen LogP contribution is 2.23. The van der Waals surface area contributed by atoms with Gasteiger partial charge >= 0.3 is 0 Å². The van der Waals surface area contributed by atoms with Crippen LogP contribution in [0.5, 0.6) is 5.75 Å². The molecule has 1 aromatic heterocycles. The van der Waals surface area contributed by atoms with Crippen LogP contribution in [0.2, 0.25) is 0 Å². The third-order valence-electron chi connectivity index (χ3n) is 4.55. The van der Waals surface area contributed by atoms with Gasteiger partial charge in [0.25, 0.3) is 5.91 Å². The largest absolute Gasteiger partial charge is 0.496 e. The molecule has 3 aromatic rings. The minimum absolute atomic E-state index is 0.000587. The molecule has 0 saturated carbocycles. The fourth-order valence-corrected chi connectivity index (χ4v) is 3.74. The number of thiophene rings is 1. The van der Waals surface area contributed by atoms with Crippen LogP contribution in [0, 0.1) is 0 Å². The molecule has 0 unspecified atom stereocenters. The second-order valence-electron chi connectivity index (χ2n) is 7.11. The number of rotatable bonds is 9. The maximum absolute atomic E-state index is 13.3. The summed E-state index contributed by atoms with van der Waals surface area (Å²) in [5.74, 6) is 0.790. The normalized spacial score (nSPS) is 10.9. The standard InChI is InChI=1S/C24H27NO3S/c1-18(2)28-17-19-10-12-20(13-11-19)24(26)25(16-22-8-6-14-29-22)15-21-7-4-5-9-23(21)27-3/h4-14,18H,15-17H2,1-3H3. The Balaban J connectivity index is 1.80. The van der Waals surface area contributed by atoms with E-state index in [-0.39, 0.29) is 12.0 Å². The second kappa shape index (κ2) is 10.2. The van der Waals surface area contributed by atoms with Gasteiger partial charge in [0.2, 0.25) is 0 Å². The van der Waals surface area contributed by atoms with Crippen molar-refractivity contribution in [3.05, 3.63) is 87.6 Å². The lowest BCUT2D eigenvalue weighted by Gasteiger charge is -2.23. The van der Waals surface area contributed by atoms with Crippen LogP contribution in [-0.2, 0) is 24.4 Å². The fraction of sp³-hybridized carbons (Fsp3) is 0.292. The molecule has 0 spiro atoms. The van der Waals surface area contributed by atoms with E-state index < -0.39 is 0 Å². The fourth-order valence-electron chi connectivity index (χ4n) is 3.02. The molecule has 5 heteroatoms. The molecule has 0 saturated heterocycles. The highest BCUT2D eigenvalue weighted by Gasteiger charge is 2.19. The average molecular weight is 410 g/mol. The SMILES string of the molecule is COc1ccccc1CN(Cc1cccs1)C(=O)c1ccc(COC(C)C)cc1. The van der Waals surface area contributed by atoms with Gasteiger partial charge in [-0.3, -0.25) is 4.79 Å². The molecule has 1 amide bonds. The Hall–Kier alpha value is -2.63. The molecule has 1 heterocycles. The first kappa shape index (κ1) is 21.1. The third-order valence-corrected chi connectivity index (χ3v) is 5.41. The highest BCUT2D eigenvalue weighted by atomic mass is 32.1. The van der Waals surface area contributed by atoms with Gasteiger partial charge in [0.1, 0.15) is 5.75 Å². The molecule has 0 bridgehead atoms. The van der Waals surface area contributed by atoms with E-state index in [4.69, 9.17) is 9.47 Å². The maximum atomic E-state index is 13.3. The Bertz CT molecular complexity index is 904. The van der Waals surface area contributed by atoms with Crippen molar-refractivity contribution in [2.75, 3.05) is 7.11 Å². The van der Waals surface area contributed by atoms with Gasteiger partial charge in [-0.1, -0.05) is 36.4 Å². The molecule has 0 aliphatic heterocycles. The molecule has 0 atom stereocenters. The zero-order chi connectivity index (χ0) is 20.6. The van der Waals surface area contributed by atoms with Crippen molar-refractivity contribution in [2.45, 2.75) is 39.6 Å². The number of carbonyl (C=O) groups is 1. The van der Waals surface area contributed by atoms with Gasteiger partial charge in [0.05, 0.1) is 32.9 Å². The summed E-state index contributed by atoms with van der Waals surface area (Å²) < 4.78 is 11.1. The van der Waals surface area contributed by atoms with E-state index in [2.05, 4.69) is 6.07 Å². The molecule has 0 aliphatic carbocycles. The number of carbonyl (C=O) groups excluding carboxylic acids is 1. The van der Waals surface area contributed by atoms with Crippen molar-refractivity contribution in [1.29, 1.82) is 0 Å². The number of hydrogen-bond donors (Lipinski definition) is 0. The minimum Gasteiger partial charge on any atom is -0.496 e. The number of hydrogen-bond acceptors (Lipinski definition) is 4. The van der Waals surface area contributed by atoms with Gasteiger partial charge in [-0.05, 0) is 49.1 Å². The van der Waals surface area contributed by atoms with Gasteiger partial charge in [0, 0.05) is 16.0 Å². The number of para-hydroxylation sites is 1. The molecule has 0 N–H and O–H groups in total. The number of ether oxygens (including phenoxy) is 2. The molecule has 0 aliphatic rings. The summed E-state index contributed by atoms with van der Waals surface area (Å²) in [6.45, 7) is 5.62. The van der Waals surface area contributed by atoms with Gasteiger partial charge in [-0.2, -0.15) is 0 Å². The first-order valence-electron chi connectivity index (χ1n) is 9.71. The molecule has 29 heavy (non-hydrogen) atoms. The van der Waals surface area contributed by atoms with E-state index in [0.717, 1.165) is 21.8 Å². The van der Waals surface area contributed by atoms with Crippen LogP contribution in [0.4, 0.5) is 0 Å². The van der Waals surface area contributed by atoms with Crippen molar-refractivity contribution < 1.29 is 14.3 Å². The summed E-state index contributed by atoms with van der Waals surface area (Å²) in [7, 11) is 1.65. The van der Waals surface area contributed by atoms with Gasteiger partial charge in [-0.25, -0.2) is 0 Å². The van der Waals surface area contributed by atoms with Crippen LogP contribution in [0.1, 0.15) is 40.2 Å². The van der Waals surface area contributed by atoms with E-state index in [1.165, 1.54) is 0 Å². The van der Waals surface area contributed by atoms with E-state index in [0.29, 0.717) is 25.3 Å². The summed E-state index contributed by atoms with van der Waals surface area (Å²) in [4.78, 5) is 16.3. The second-order valence-corrected chi connectivity index (χ2v) is 8.14. The van der Waals surface area contributed by atoms with Crippen LogP contribution in [0.3, 0.4) is 0 Å². The molecule has 4 nitrogen and oxygen atoms in total. The lowest BCUT2D eigenvalue weighted by atomic mass is 10.1. The van der Waals surface area contributed by atoms with Gasteiger partial charge < -0.3 is 14.4 Å². The molecular weight excluding hydrogens is 382 g/mol. The Kier molecular flexibility index (Phi) is 7.44. The van der Waals surface area contributed by atoms with E-state index in [1.54, 1.807) is 18.4 Å². The number of amides is 1. The summed E-state index contributed by atoms with van der Waals surface area (Å²) in [6.07, 6.45) is 0.179. The van der Waals surface area contributed by atoms with Crippen LogP contribution in [-0.4, -0.2) is 24.0 Å². The number of benzene rings is 2. The summed E-state index contributed by atoms with van der Waals surface area (Å²) in [6, 6.07) is 19.6. The predicted octanol–water partition coefficient (Wildman–Crippen LogP) is 5.52. The minimum atomic E-state index is 0.000587. The smallest absolute Gasteiger partial charge is 0.254 e. The predicted molar refractivity (Wildman–Crippen MR) is 117 cm³/mol. The topological polar surface area (TPSA) is 38.8 Å². The quantitative estimate of drug-likeness (QED) is 0.467. The zero-order valence-electron chi connectivity index (χ0n) is 17.1.